The minimum Gasteiger partial charge on any atom is -0.481 e. The van der Waals surface area contributed by atoms with Gasteiger partial charge in [-0.2, -0.15) is 0 Å². The maximum atomic E-state index is 11.6. The number of rotatable bonds is 2. The quantitative estimate of drug-likeness (QED) is 0.799. The first kappa shape index (κ1) is 8.96. The van der Waals surface area contributed by atoms with Gasteiger partial charge < -0.3 is 5.11 Å². The molecule has 15 heavy (non-hydrogen) atoms. The maximum absolute atomic E-state index is 11.6. The van der Waals surface area contributed by atoms with Crippen LogP contribution in [-0.2, 0) is 16.6 Å². The van der Waals surface area contributed by atoms with Crippen LogP contribution in [0.15, 0.2) is 24.3 Å². The van der Waals surface area contributed by atoms with Crippen LogP contribution in [0.4, 0.5) is 0 Å². The molecule has 1 saturated carbocycles. The van der Waals surface area contributed by atoms with Crippen molar-refractivity contribution >= 4 is 5.97 Å². The molecule has 1 aromatic rings. The van der Waals surface area contributed by atoms with E-state index in [1.807, 2.05) is 18.2 Å². The number of hydrogen-bond acceptors (Lipinski definition) is 1. The minimum absolute atomic E-state index is 0.388. The van der Waals surface area contributed by atoms with Gasteiger partial charge in [0.05, 0.1) is 5.41 Å². The molecule has 2 aliphatic rings. The Kier molecular flexibility index (Phi) is 1.70. The van der Waals surface area contributed by atoms with Gasteiger partial charge in [0, 0.05) is 0 Å². The lowest BCUT2D eigenvalue weighted by atomic mass is 9.77. The highest BCUT2D eigenvalue weighted by atomic mass is 16.4. The molecule has 0 radical (unpaired) electrons. The summed E-state index contributed by atoms with van der Waals surface area (Å²) in [4.78, 5) is 11.6. The lowest BCUT2D eigenvalue weighted by Gasteiger charge is -2.25. The van der Waals surface area contributed by atoms with Gasteiger partial charge in [-0.15, -0.1) is 0 Å². The van der Waals surface area contributed by atoms with Gasteiger partial charge in [-0.05, 0) is 42.7 Å². The number of benzene rings is 1. The van der Waals surface area contributed by atoms with E-state index in [1.54, 1.807) is 0 Å². The number of carboxylic acids is 1. The van der Waals surface area contributed by atoms with E-state index in [1.165, 1.54) is 5.56 Å². The molecule has 1 aromatic carbocycles. The Morgan fingerprint density at radius 3 is 2.73 bits per heavy atom. The van der Waals surface area contributed by atoms with Gasteiger partial charge in [-0.25, -0.2) is 0 Å². The second-order valence-corrected chi connectivity index (χ2v) is 4.71. The van der Waals surface area contributed by atoms with E-state index in [9.17, 15) is 9.90 Å². The Morgan fingerprint density at radius 1 is 1.33 bits per heavy atom. The zero-order chi connectivity index (χ0) is 10.5. The van der Waals surface area contributed by atoms with Crippen molar-refractivity contribution in [2.45, 2.75) is 31.1 Å². The van der Waals surface area contributed by atoms with Crippen molar-refractivity contribution in [2.75, 3.05) is 0 Å². The Labute approximate surface area is 88.9 Å². The van der Waals surface area contributed by atoms with Crippen LogP contribution in [0.3, 0.4) is 0 Å². The van der Waals surface area contributed by atoms with E-state index in [-0.39, 0.29) is 0 Å². The normalized spacial score (nSPS) is 28.8. The van der Waals surface area contributed by atoms with Crippen LogP contribution in [-0.4, -0.2) is 11.1 Å². The lowest BCUT2D eigenvalue weighted by molar-refractivity contribution is -0.144. The summed E-state index contributed by atoms with van der Waals surface area (Å²) in [6.07, 6.45) is 3.90. The molecule has 0 amide bonds. The Morgan fingerprint density at radius 2 is 2.07 bits per heavy atom. The standard InChI is InChI=1S/C13H14O2/c14-12(15)13(10-5-6-10)8-7-9-3-1-2-4-11(9)13/h1-4,10H,5-8H2,(H,14,15). The van der Waals surface area contributed by atoms with Crippen molar-refractivity contribution in [2.24, 2.45) is 5.92 Å². The van der Waals surface area contributed by atoms with E-state index < -0.39 is 11.4 Å². The van der Waals surface area contributed by atoms with E-state index >= 15 is 0 Å². The summed E-state index contributed by atoms with van der Waals surface area (Å²) < 4.78 is 0. The fraction of sp³-hybridized carbons (Fsp3) is 0.462. The molecule has 0 aromatic heterocycles. The third-order valence-electron chi connectivity index (χ3n) is 3.94. The van der Waals surface area contributed by atoms with Gasteiger partial charge in [0.15, 0.2) is 0 Å². The van der Waals surface area contributed by atoms with Gasteiger partial charge in [0.1, 0.15) is 0 Å². The van der Waals surface area contributed by atoms with Crippen LogP contribution in [0.1, 0.15) is 30.4 Å². The summed E-state index contributed by atoms with van der Waals surface area (Å²) in [5.74, 6) is -0.228. The van der Waals surface area contributed by atoms with Gasteiger partial charge in [0.2, 0.25) is 0 Å². The summed E-state index contributed by atoms with van der Waals surface area (Å²) in [6, 6.07) is 8.05. The van der Waals surface area contributed by atoms with Crippen molar-refractivity contribution in [1.29, 1.82) is 0 Å². The first-order valence-electron chi connectivity index (χ1n) is 5.57. The Balaban J connectivity index is 2.16. The SMILES string of the molecule is O=C(O)C1(C2CC2)CCc2ccccc21. The number of hydrogen-bond donors (Lipinski definition) is 1. The summed E-state index contributed by atoms with van der Waals surface area (Å²) in [6.45, 7) is 0. The third kappa shape index (κ3) is 1.08. The van der Waals surface area contributed by atoms with Crippen molar-refractivity contribution in [3.63, 3.8) is 0 Å². The fourth-order valence-corrected chi connectivity index (χ4v) is 3.04. The number of fused-ring (bicyclic) bond motifs is 1. The highest BCUT2D eigenvalue weighted by Crippen LogP contribution is 2.54. The van der Waals surface area contributed by atoms with Gasteiger partial charge in [0.25, 0.3) is 0 Å². The van der Waals surface area contributed by atoms with Gasteiger partial charge in [-0.1, -0.05) is 24.3 Å². The number of carboxylic acid groups (broad SMARTS) is 1. The highest BCUT2D eigenvalue weighted by Gasteiger charge is 2.55. The predicted octanol–water partition coefficient (Wildman–Crippen LogP) is 2.37. The number of aliphatic carboxylic acids is 1. The van der Waals surface area contributed by atoms with Crippen molar-refractivity contribution in [3.05, 3.63) is 35.4 Å². The Bertz CT molecular complexity index is 420. The molecule has 0 spiro atoms. The molecule has 0 bridgehead atoms. The van der Waals surface area contributed by atoms with Gasteiger partial charge in [-0.3, -0.25) is 4.79 Å². The molecule has 2 nitrogen and oxygen atoms in total. The van der Waals surface area contributed by atoms with Crippen molar-refractivity contribution < 1.29 is 9.90 Å². The van der Waals surface area contributed by atoms with Crippen molar-refractivity contribution in [1.82, 2.24) is 0 Å². The van der Waals surface area contributed by atoms with E-state index in [2.05, 4.69) is 6.07 Å². The smallest absolute Gasteiger partial charge is 0.314 e. The zero-order valence-corrected chi connectivity index (χ0v) is 8.57. The van der Waals surface area contributed by atoms with E-state index in [0.717, 1.165) is 31.2 Å². The minimum atomic E-state index is -0.616. The van der Waals surface area contributed by atoms with Crippen LogP contribution in [0.2, 0.25) is 0 Å². The fourth-order valence-electron chi connectivity index (χ4n) is 3.04. The van der Waals surface area contributed by atoms with Crippen LogP contribution in [0.5, 0.6) is 0 Å². The van der Waals surface area contributed by atoms with Crippen LogP contribution in [0, 0.1) is 5.92 Å². The van der Waals surface area contributed by atoms with E-state index in [4.69, 9.17) is 0 Å². The molecule has 2 aliphatic carbocycles. The van der Waals surface area contributed by atoms with Gasteiger partial charge >= 0.3 is 5.97 Å². The molecule has 0 aliphatic heterocycles. The molecule has 2 heteroatoms. The molecule has 1 N–H and O–H groups in total. The summed E-state index contributed by atoms with van der Waals surface area (Å²) >= 11 is 0. The topological polar surface area (TPSA) is 37.3 Å². The summed E-state index contributed by atoms with van der Waals surface area (Å²) in [5, 5.41) is 9.52. The molecule has 1 fully saturated rings. The zero-order valence-electron chi connectivity index (χ0n) is 8.57. The van der Waals surface area contributed by atoms with Crippen LogP contribution in [0.25, 0.3) is 0 Å². The molecule has 1 atom stereocenters. The first-order chi connectivity index (χ1) is 7.25. The molecular formula is C13H14O2. The second kappa shape index (κ2) is 2.84. The first-order valence-corrected chi connectivity index (χ1v) is 5.57. The molecule has 1 unspecified atom stereocenters. The highest BCUT2D eigenvalue weighted by molar-refractivity contribution is 5.84. The molecule has 3 rings (SSSR count). The maximum Gasteiger partial charge on any atom is 0.314 e. The predicted molar refractivity (Wildman–Crippen MR) is 56.8 cm³/mol. The molecule has 0 saturated heterocycles. The third-order valence-corrected chi connectivity index (χ3v) is 3.94. The lowest BCUT2D eigenvalue weighted by Crippen LogP contribution is -2.35. The number of carbonyl (C=O) groups is 1. The largest absolute Gasteiger partial charge is 0.481 e. The average molecular weight is 202 g/mol. The molecular weight excluding hydrogens is 188 g/mol. The Hall–Kier alpha value is -1.31. The molecule has 78 valence electrons. The van der Waals surface area contributed by atoms with E-state index in [0.29, 0.717) is 5.92 Å². The molecule has 0 heterocycles. The average Bonchev–Trinajstić information content (AvgIpc) is 3.00. The second-order valence-electron chi connectivity index (χ2n) is 4.71. The summed E-state index contributed by atoms with van der Waals surface area (Å²) in [7, 11) is 0. The summed E-state index contributed by atoms with van der Waals surface area (Å²) in [5.41, 5.74) is 1.78. The number of aryl methyl sites for hydroxylation is 1. The monoisotopic (exact) mass is 202 g/mol. The van der Waals surface area contributed by atoms with Crippen LogP contribution >= 0.6 is 0 Å². The van der Waals surface area contributed by atoms with Crippen molar-refractivity contribution in [3.8, 4) is 0 Å². The van der Waals surface area contributed by atoms with Crippen LogP contribution < -0.4 is 0 Å².